The van der Waals surface area contributed by atoms with Crippen LogP contribution in [-0.4, -0.2) is 16.4 Å². The van der Waals surface area contributed by atoms with Crippen molar-refractivity contribution >= 4 is 23.2 Å². The number of ether oxygens (including phenoxy) is 1. The van der Waals surface area contributed by atoms with Gasteiger partial charge in [-0.05, 0) is 54.4 Å². The Bertz CT molecular complexity index is 807. The largest absolute Gasteiger partial charge is 0.494 e. The standard InChI is InChI=1S/C19H17Cl2FN2O/c20-15-2-7-18(19(21)12-15)14(13-24-10-1-9-23-24)8-11-25-17-5-3-16(22)4-6-17/h1-7,9-10,12,14H,8,11,13H2. The smallest absolute Gasteiger partial charge is 0.123 e. The molecule has 6 heteroatoms. The Morgan fingerprint density at radius 1 is 1.12 bits per heavy atom. The van der Waals surface area contributed by atoms with Gasteiger partial charge >= 0.3 is 0 Å². The molecule has 1 heterocycles. The molecule has 0 aliphatic rings. The highest BCUT2D eigenvalue weighted by Crippen LogP contribution is 2.31. The first-order valence-corrected chi connectivity index (χ1v) is 8.68. The average Bonchev–Trinajstić information content (AvgIpc) is 3.09. The molecule has 0 spiro atoms. The summed E-state index contributed by atoms with van der Waals surface area (Å²) in [6, 6.07) is 13.4. The van der Waals surface area contributed by atoms with E-state index in [2.05, 4.69) is 5.10 Å². The lowest BCUT2D eigenvalue weighted by atomic mass is 9.96. The fourth-order valence-electron chi connectivity index (χ4n) is 2.66. The minimum Gasteiger partial charge on any atom is -0.494 e. The van der Waals surface area contributed by atoms with Crippen molar-refractivity contribution in [1.29, 1.82) is 0 Å². The molecule has 0 radical (unpaired) electrons. The van der Waals surface area contributed by atoms with E-state index in [0.29, 0.717) is 28.9 Å². The highest BCUT2D eigenvalue weighted by Gasteiger charge is 2.16. The maximum absolute atomic E-state index is 13.0. The van der Waals surface area contributed by atoms with Crippen LogP contribution in [0.4, 0.5) is 4.39 Å². The molecule has 25 heavy (non-hydrogen) atoms. The Hall–Kier alpha value is -2.04. The molecule has 0 aliphatic heterocycles. The SMILES string of the molecule is Fc1ccc(OCCC(Cn2cccn2)c2ccc(Cl)cc2Cl)cc1. The van der Waals surface area contributed by atoms with Gasteiger partial charge in [-0.15, -0.1) is 0 Å². The second-order valence-corrected chi connectivity index (χ2v) is 6.53. The van der Waals surface area contributed by atoms with Crippen molar-refractivity contribution in [2.45, 2.75) is 18.9 Å². The van der Waals surface area contributed by atoms with Crippen molar-refractivity contribution in [3.05, 3.63) is 82.4 Å². The Morgan fingerprint density at radius 2 is 1.92 bits per heavy atom. The van der Waals surface area contributed by atoms with E-state index in [1.807, 2.05) is 29.1 Å². The molecular formula is C19H17Cl2FN2O. The highest BCUT2D eigenvalue weighted by atomic mass is 35.5. The van der Waals surface area contributed by atoms with Crippen molar-refractivity contribution in [3.8, 4) is 5.75 Å². The topological polar surface area (TPSA) is 27.1 Å². The number of halogens is 3. The summed E-state index contributed by atoms with van der Waals surface area (Å²) in [5, 5.41) is 5.51. The lowest BCUT2D eigenvalue weighted by Gasteiger charge is -2.19. The molecule has 1 atom stereocenters. The van der Waals surface area contributed by atoms with E-state index in [1.54, 1.807) is 24.4 Å². The molecule has 3 aromatic rings. The van der Waals surface area contributed by atoms with E-state index >= 15 is 0 Å². The monoisotopic (exact) mass is 378 g/mol. The molecule has 0 N–H and O–H groups in total. The molecule has 1 unspecified atom stereocenters. The first-order chi connectivity index (χ1) is 12.1. The van der Waals surface area contributed by atoms with Crippen LogP contribution in [0.3, 0.4) is 0 Å². The summed E-state index contributed by atoms with van der Waals surface area (Å²) in [5.74, 6) is 0.475. The molecular weight excluding hydrogens is 362 g/mol. The predicted octanol–water partition coefficient (Wildman–Crippen LogP) is 5.58. The molecule has 0 saturated carbocycles. The fraction of sp³-hybridized carbons (Fsp3) is 0.211. The Labute approximate surface area is 155 Å². The quantitative estimate of drug-likeness (QED) is 0.536. The van der Waals surface area contributed by atoms with E-state index < -0.39 is 0 Å². The summed E-state index contributed by atoms with van der Waals surface area (Å²) in [5.41, 5.74) is 1.00. The average molecular weight is 379 g/mol. The summed E-state index contributed by atoms with van der Waals surface area (Å²) in [6.07, 6.45) is 4.39. The van der Waals surface area contributed by atoms with E-state index in [-0.39, 0.29) is 11.7 Å². The van der Waals surface area contributed by atoms with E-state index in [9.17, 15) is 4.39 Å². The maximum atomic E-state index is 13.0. The zero-order valence-electron chi connectivity index (χ0n) is 13.4. The van der Waals surface area contributed by atoms with Crippen LogP contribution in [0.15, 0.2) is 60.9 Å². The van der Waals surface area contributed by atoms with Crippen molar-refractivity contribution in [2.75, 3.05) is 6.61 Å². The number of hydrogen-bond acceptors (Lipinski definition) is 2. The van der Waals surface area contributed by atoms with Gasteiger partial charge in [0.15, 0.2) is 0 Å². The van der Waals surface area contributed by atoms with Crippen molar-refractivity contribution in [1.82, 2.24) is 9.78 Å². The lowest BCUT2D eigenvalue weighted by molar-refractivity contribution is 0.288. The first-order valence-electron chi connectivity index (χ1n) is 7.92. The summed E-state index contributed by atoms with van der Waals surface area (Å²) in [6.45, 7) is 1.16. The molecule has 3 nitrogen and oxygen atoms in total. The van der Waals surface area contributed by atoms with Crippen molar-refractivity contribution in [2.24, 2.45) is 0 Å². The number of rotatable bonds is 7. The fourth-order valence-corrected chi connectivity index (χ4v) is 3.22. The van der Waals surface area contributed by atoms with Crippen molar-refractivity contribution < 1.29 is 9.13 Å². The van der Waals surface area contributed by atoms with Crippen LogP contribution in [0, 0.1) is 5.82 Å². The summed E-state index contributed by atoms with van der Waals surface area (Å²) < 4.78 is 20.6. The number of nitrogens with zero attached hydrogens (tertiary/aromatic N) is 2. The first kappa shape index (κ1) is 17.8. The zero-order chi connectivity index (χ0) is 17.6. The van der Waals surface area contributed by atoms with E-state index in [4.69, 9.17) is 27.9 Å². The van der Waals surface area contributed by atoms with E-state index in [0.717, 1.165) is 12.0 Å². The summed E-state index contributed by atoms with van der Waals surface area (Å²) >= 11 is 12.4. The molecule has 130 valence electrons. The van der Waals surface area contributed by atoms with Crippen LogP contribution in [0.1, 0.15) is 17.9 Å². The van der Waals surface area contributed by atoms with Gasteiger partial charge in [0, 0.05) is 34.9 Å². The van der Waals surface area contributed by atoms with Gasteiger partial charge in [-0.1, -0.05) is 29.3 Å². The van der Waals surface area contributed by atoms with Crippen LogP contribution in [0.2, 0.25) is 10.0 Å². The maximum Gasteiger partial charge on any atom is 0.123 e. The van der Waals surface area contributed by atoms with Gasteiger partial charge in [-0.3, -0.25) is 4.68 Å². The third-order valence-corrected chi connectivity index (χ3v) is 4.48. The van der Waals surface area contributed by atoms with Crippen LogP contribution in [0.5, 0.6) is 5.75 Å². The van der Waals surface area contributed by atoms with Gasteiger partial charge in [-0.25, -0.2) is 4.39 Å². The van der Waals surface area contributed by atoms with Gasteiger partial charge < -0.3 is 4.74 Å². The second-order valence-electron chi connectivity index (χ2n) is 5.68. The molecule has 0 amide bonds. The Balaban J connectivity index is 1.70. The Kier molecular flexibility index (Phi) is 5.95. The molecule has 3 rings (SSSR count). The van der Waals surface area contributed by atoms with Gasteiger partial charge in [0.05, 0.1) is 6.61 Å². The van der Waals surface area contributed by atoms with Gasteiger partial charge in [-0.2, -0.15) is 5.10 Å². The normalized spacial score (nSPS) is 12.1. The highest BCUT2D eigenvalue weighted by molar-refractivity contribution is 6.35. The zero-order valence-corrected chi connectivity index (χ0v) is 14.9. The third-order valence-electron chi connectivity index (χ3n) is 3.92. The minimum absolute atomic E-state index is 0.116. The van der Waals surface area contributed by atoms with Gasteiger partial charge in [0.2, 0.25) is 0 Å². The number of benzene rings is 2. The van der Waals surface area contributed by atoms with Gasteiger partial charge in [0.25, 0.3) is 0 Å². The Morgan fingerprint density at radius 3 is 2.60 bits per heavy atom. The van der Waals surface area contributed by atoms with Crippen LogP contribution >= 0.6 is 23.2 Å². The van der Waals surface area contributed by atoms with Crippen LogP contribution < -0.4 is 4.74 Å². The molecule has 0 fully saturated rings. The molecule has 0 aliphatic carbocycles. The lowest BCUT2D eigenvalue weighted by Crippen LogP contribution is -2.14. The molecule has 1 aromatic heterocycles. The molecule has 0 saturated heterocycles. The third kappa shape index (κ3) is 4.97. The number of hydrogen-bond donors (Lipinski definition) is 0. The molecule has 0 bridgehead atoms. The summed E-state index contributed by atoms with van der Waals surface area (Å²) in [7, 11) is 0. The van der Waals surface area contributed by atoms with Gasteiger partial charge in [0.1, 0.15) is 11.6 Å². The van der Waals surface area contributed by atoms with E-state index in [1.165, 1.54) is 12.1 Å². The summed E-state index contributed by atoms with van der Waals surface area (Å²) in [4.78, 5) is 0. The predicted molar refractivity (Wildman–Crippen MR) is 97.9 cm³/mol. The number of aromatic nitrogens is 2. The van der Waals surface area contributed by atoms with Crippen LogP contribution in [0.25, 0.3) is 0 Å². The molecule has 2 aromatic carbocycles. The second kappa shape index (κ2) is 8.37. The minimum atomic E-state index is -0.281. The van der Waals surface area contributed by atoms with Crippen molar-refractivity contribution in [3.63, 3.8) is 0 Å². The van der Waals surface area contributed by atoms with Crippen LogP contribution in [-0.2, 0) is 6.54 Å².